The second kappa shape index (κ2) is 10.4. The Morgan fingerprint density at radius 2 is 1.65 bits per heavy atom. The normalized spacial score (nSPS) is 11.6. The van der Waals surface area contributed by atoms with Crippen molar-refractivity contribution in [2.75, 3.05) is 20.3 Å². The summed E-state index contributed by atoms with van der Waals surface area (Å²) in [4.78, 5) is 27.2. The van der Waals surface area contributed by atoms with E-state index < -0.39 is 6.04 Å². The number of nitrogens with one attached hydrogen (secondary N) is 1. The molecule has 2 aromatic rings. The van der Waals surface area contributed by atoms with Crippen LogP contribution in [-0.2, 0) is 20.9 Å². The molecular weight excluding hydrogens is 328 g/mol. The first kappa shape index (κ1) is 19.7. The van der Waals surface area contributed by atoms with Gasteiger partial charge >= 0.3 is 0 Å². The maximum Gasteiger partial charge on any atom is 0.247 e. The molecule has 0 radical (unpaired) electrons. The summed E-state index contributed by atoms with van der Waals surface area (Å²) in [5, 5.41) is 2.87. The van der Waals surface area contributed by atoms with Gasteiger partial charge in [0.1, 0.15) is 6.04 Å². The highest BCUT2D eigenvalue weighted by atomic mass is 16.5. The molecule has 0 aliphatic heterocycles. The van der Waals surface area contributed by atoms with Gasteiger partial charge in [0.2, 0.25) is 11.8 Å². The van der Waals surface area contributed by atoms with Crippen molar-refractivity contribution in [2.45, 2.75) is 25.9 Å². The van der Waals surface area contributed by atoms with E-state index in [1.165, 1.54) is 0 Å². The maximum atomic E-state index is 12.9. The van der Waals surface area contributed by atoms with Crippen LogP contribution in [0.15, 0.2) is 60.7 Å². The minimum absolute atomic E-state index is 0.0652. The quantitative estimate of drug-likeness (QED) is 0.705. The zero-order chi connectivity index (χ0) is 18.8. The van der Waals surface area contributed by atoms with Crippen molar-refractivity contribution < 1.29 is 14.3 Å². The first-order valence-corrected chi connectivity index (χ1v) is 8.82. The summed E-state index contributed by atoms with van der Waals surface area (Å²) in [6, 6.07) is 18.4. The zero-order valence-corrected chi connectivity index (χ0v) is 15.4. The number of nitrogens with zero attached hydrogens (tertiary/aromatic N) is 1. The molecule has 0 aliphatic rings. The van der Waals surface area contributed by atoms with Gasteiger partial charge in [-0.1, -0.05) is 67.6 Å². The topological polar surface area (TPSA) is 58.6 Å². The summed E-state index contributed by atoms with van der Waals surface area (Å²) in [7, 11) is 1.59. The number of ether oxygens (including phenoxy) is 1. The van der Waals surface area contributed by atoms with E-state index in [0.29, 0.717) is 26.1 Å². The first-order valence-electron chi connectivity index (χ1n) is 8.82. The molecule has 0 heterocycles. The molecule has 5 nitrogen and oxygen atoms in total. The van der Waals surface area contributed by atoms with Gasteiger partial charge in [-0.05, 0) is 11.1 Å². The number of rotatable bonds is 9. The summed E-state index contributed by atoms with van der Waals surface area (Å²) in [6.07, 6.45) is 0.335. The number of methoxy groups -OCH3 is 1. The van der Waals surface area contributed by atoms with Gasteiger partial charge in [0.05, 0.1) is 6.61 Å². The predicted octanol–water partition coefficient (Wildman–Crippen LogP) is 2.93. The summed E-state index contributed by atoms with van der Waals surface area (Å²) < 4.78 is 5.01. The van der Waals surface area contributed by atoms with Gasteiger partial charge in [0, 0.05) is 26.6 Å². The molecule has 2 rings (SSSR count). The van der Waals surface area contributed by atoms with E-state index in [4.69, 9.17) is 4.74 Å². The molecule has 26 heavy (non-hydrogen) atoms. The third kappa shape index (κ3) is 5.43. The van der Waals surface area contributed by atoms with Crippen LogP contribution in [0.5, 0.6) is 0 Å². The number of hydrogen-bond acceptors (Lipinski definition) is 3. The number of carbonyl (C=O) groups is 2. The standard InChI is InChI=1S/C21H26N2O3/c1-3-19(24)23(16-17-10-6-4-7-11-17)20(18-12-8-5-9-13-18)21(25)22-14-15-26-2/h4-13,20H,3,14-16H2,1-2H3,(H,22,25)/t20-/m1/s1. The molecule has 1 N–H and O–H groups in total. The van der Waals surface area contributed by atoms with Gasteiger partial charge in [-0.25, -0.2) is 0 Å². The van der Waals surface area contributed by atoms with Crippen LogP contribution < -0.4 is 5.32 Å². The Balaban J connectivity index is 2.34. The van der Waals surface area contributed by atoms with Gasteiger partial charge in [-0.3, -0.25) is 9.59 Å². The van der Waals surface area contributed by atoms with Crippen LogP contribution in [0.4, 0.5) is 0 Å². The van der Waals surface area contributed by atoms with Gasteiger partial charge in [0.15, 0.2) is 0 Å². The van der Waals surface area contributed by atoms with E-state index in [1.54, 1.807) is 12.0 Å². The average molecular weight is 354 g/mol. The summed E-state index contributed by atoms with van der Waals surface area (Å²) in [6.45, 7) is 3.02. The highest BCUT2D eigenvalue weighted by Gasteiger charge is 2.30. The molecule has 0 aliphatic carbocycles. The van der Waals surface area contributed by atoms with Crippen molar-refractivity contribution in [3.63, 3.8) is 0 Å². The molecule has 138 valence electrons. The molecule has 2 aromatic carbocycles. The van der Waals surface area contributed by atoms with Gasteiger partial charge in [-0.2, -0.15) is 0 Å². The van der Waals surface area contributed by atoms with E-state index in [2.05, 4.69) is 5.32 Å². The fourth-order valence-corrected chi connectivity index (χ4v) is 2.79. The van der Waals surface area contributed by atoms with Crippen LogP contribution >= 0.6 is 0 Å². The second-order valence-corrected chi connectivity index (χ2v) is 5.96. The number of carbonyl (C=O) groups excluding carboxylic acids is 2. The number of amides is 2. The molecule has 0 spiro atoms. The molecule has 0 unspecified atom stereocenters. The Labute approximate surface area is 155 Å². The third-order valence-electron chi connectivity index (χ3n) is 4.10. The van der Waals surface area contributed by atoms with Crippen molar-refractivity contribution >= 4 is 11.8 Å². The average Bonchev–Trinajstić information content (AvgIpc) is 2.68. The largest absolute Gasteiger partial charge is 0.383 e. The Hall–Kier alpha value is -2.66. The molecule has 1 atom stereocenters. The van der Waals surface area contributed by atoms with Crippen LogP contribution in [0.1, 0.15) is 30.5 Å². The summed E-state index contributed by atoms with van der Waals surface area (Å²) >= 11 is 0. The van der Waals surface area contributed by atoms with Crippen molar-refractivity contribution in [1.29, 1.82) is 0 Å². The van der Waals surface area contributed by atoms with Crippen LogP contribution in [0, 0.1) is 0 Å². The highest BCUT2D eigenvalue weighted by molar-refractivity contribution is 5.88. The molecule has 0 fully saturated rings. The number of benzene rings is 2. The predicted molar refractivity (Wildman–Crippen MR) is 101 cm³/mol. The lowest BCUT2D eigenvalue weighted by atomic mass is 10.0. The van der Waals surface area contributed by atoms with Gasteiger partial charge in [0.25, 0.3) is 0 Å². The highest BCUT2D eigenvalue weighted by Crippen LogP contribution is 2.24. The fraction of sp³-hybridized carbons (Fsp3) is 0.333. The lowest BCUT2D eigenvalue weighted by Gasteiger charge is -2.31. The smallest absolute Gasteiger partial charge is 0.247 e. The van der Waals surface area contributed by atoms with Crippen molar-refractivity contribution in [1.82, 2.24) is 10.2 Å². The van der Waals surface area contributed by atoms with Crippen molar-refractivity contribution in [2.24, 2.45) is 0 Å². The van der Waals surface area contributed by atoms with Gasteiger partial charge in [-0.15, -0.1) is 0 Å². The van der Waals surface area contributed by atoms with E-state index in [-0.39, 0.29) is 11.8 Å². The first-order chi connectivity index (χ1) is 12.7. The SMILES string of the molecule is CCC(=O)N(Cc1ccccc1)[C@@H](C(=O)NCCOC)c1ccccc1. The lowest BCUT2D eigenvalue weighted by Crippen LogP contribution is -2.44. The van der Waals surface area contributed by atoms with E-state index in [9.17, 15) is 9.59 Å². The molecule has 0 saturated heterocycles. The Kier molecular flexibility index (Phi) is 7.83. The minimum atomic E-state index is -0.680. The summed E-state index contributed by atoms with van der Waals surface area (Å²) in [5.74, 6) is -0.268. The van der Waals surface area contributed by atoms with Crippen LogP contribution in [0.2, 0.25) is 0 Å². The molecule has 0 bridgehead atoms. The number of hydrogen-bond donors (Lipinski definition) is 1. The van der Waals surface area contributed by atoms with Crippen LogP contribution in [-0.4, -0.2) is 37.0 Å². The lowest BCUT2D eigenvalue weighted by molar-refractivity contribution is -0.141. The van der Waals surface area contributed by atoms with Crippen LogP contribution in [0.25, 0.3) is 0 Å². The molecule has 2 amide bonds. The Bertz CT molecular complexity index is 689. The Morgan fingerprint density at radius 3 is 2.23 bits per heavy atom. The van der Waals surface area contributed by atoms with Gasteiger partial charge < -0.3 is 15.0 Å². The van der Waals surface area contributed by atoms with E-state index in [0.717, 1.165) is 11.1 Å². The third-order valence-corrected chi connectivity index (χ3v) is 4.10. The minimum Gasteiger partial charge on any atom is -0.383 e. The van der Waals surface area contributed by atoms with Crippen molar-refractivity contribution in [3.05, 3.63) is 71.8 Å². The second-order valence-electron chi connectivity index (χ2n) is 5.96. The van der Waals surface area contributed by atoms with Crippen molar-refractivity contribution in [3.8, 4) is 0 Å². The summed E-state index contributed by atoms with van der Waals surface area (Å²) in [5.41, 5.74) is 1.78. The Morgan fingerprint density at radius 1 is 1.04 bits per heavy atom. The monoisotopic (exact) mass is 354 g/mol. The zero-order valence-electron chi connectivity index (χ0n) is 15.4. The molecular formula is C21H26N2O3. The van der Waals surface area contributed by atoms with E-state index >= 15 is 0 Å². The molecule has 5 heteroatoms. The molecule has 0 aromatic heterocycles. The maximum absolute atomic E-state index is 12.9. The fourth-order valence-electron chi connectivity index (χ4n) is 2.79. The van der Waals surface area contributed by atoms with E-state index in [1.807, 2.05) is 67.6 Å². The molecule has 0 saturated carbocycles. The van der Waals surface area contributed by atoms with Crippen LogP contribution in [0.3, 0.4) is 0 Å².